The fourth-order valence-electron chi connectivity index (χ4n) is 1.47. The Labute approximate surface area is 94.5 Å². The van der Waals surface area contributed by atoms with Gasteiger partial charge in [-0.1, -0.05) is 6.07 Å². The zero-order valence-corrected chi connectivity index (χ0v) is 9.51. The Balaban J connectivity index is 1.87. The van der Waals surface area contributed by atoms with E-state index in [1.165, 1.54) is 0 Å². The molecule has 0 amide bonds. The zero-order chi connectivity index (χ0) is 11.4. The van der Waals surface area contributed by atoms with Crippen molar-refractivity contribution in [1.82, 2.24) is 25.1 Å². The molecule has 0 fully saturated rings. The summed E-state index contributed by atoms with van der Waals surface area (Å²) in [5, 5.41) is 11.1. The minimum atomic E-state index is 0.701. The second kappa shape index (κ2) is 4.85. The summed E-state index contributed by atoms with van der Waals surface area (Å²) in [5.74, 6) is 0.924. The van der Waals surface area contributed by atoms with Gasteiger partial charge in [-0.2, -0.15) is 0 Å². The van der Waals surface area contributed by atoms with E-state index in [1.807, 2.05) is 36.7 Å². The van der Waals surface area contributed by atoms with Crippen LogP contribution in [0.5, 0.6) is 0 Å². The highest BCUT2D eigenvalue weighted by molar-refractivity contribution is 5.09. The highest BCUT2D eigenvalue weighted by atomic mass is 15.3. The SMILES string of the molecule is Cc1cccc(CNCc2nncn2C)n1. The molecule has 2 aromatic heterocycles. The lowest BCUT2D eigenvalue weighted by molar-refractivity contribution is 0.628. The standard InChI is InChI=1S/C11H15N5/c1-9-4-3-5-10(14-9)6-12-7-11-15-13-8-16(11)2/h3-5,8,12H,6-7H2,1-2H3. The summed E-state index contributed by atoms with van der Waals surface area (Å²) in [7, 11) is 1.93. The van der Waals surface area contributed by atoms with Gasteiger partial charge in [0.15, 0.2) is 0 Å². The van der Waals surface area contributed by atoms with Crippen LogP contribution < -0.4 is 5.32 Å². The molecule has 5 nitrogen and oxygen atoms in total. The number of aromatic nitrogens is 4. The smallest absolute Gasteiger partial charge is 0.146 e. The van der Waals surface area contributed by atoms with Crippen molar-refractivity contribution >= 4 is 0 Å². The largest absolute Gasteiger partial charge is 0.320 e. The molecular weight excluding hydrogens is 202 g/mol. The topological polar surface area (TPSA) is 55.6 Å². The maximum absolute atomic E-state index is 4.41. The molecule has 0 atom stereocenters. The van der Waals surface area contributed by atoms with Gasteiger partial charge in [0.05, 0.1) is 12.2 Å². The zero-order valence-electron chi connectivity index (χ0n) is 9.51. The van der Waals surface area contributed by atoms with Crippen molar-refractivity contribution in [2.75, 3.05) is 0 Å². The second-order valence-electron chi connectivity index (χ2n) is 3.73. The molecule has 0 spiro atoms. The summed E-state index contributed by atoms with van der Waals surface area (Å²) in [6, 6.07) is 6.02. The van der Waals surface area contributed by atoms with Crippen molar-refractivity contribution in [3.05, 3.63) is 41.7 Å². The van der Waals surface area contributed by atoms with E-state index in [1.54, 1.807) is 6.33 Å². The fraction of sp³-hybridized carbons (Fsp3) is 0.364. The third kappa shape index (κ3) is 2.64. The number of nitrogens with one attached hydrogen (secondary N) is 1. The molecule has 0 aromatic carbocycles. The minimum Gasteiger partial charge on any atom is -0.320 e. The maximum Gasteiger partial charge on any atom is 0.146 e. The Morgan fingerprint density at radius 1 is 1.31 bits per heavy atom. The van der Waals surface area contributed by atoms with Gasteiger partial charge in [-0.15, -0.1) is 10.2 Å². The predicted molar refractivity (Wildman–Crippen MR) is 60.5 cm³/mol. The van der Waals surface area contributed by atoms with E-state index in [2.05, 4.69) is 20.5 Å². The normalized spacial score (nSPS) is 10.6. The summed E-state index contributed by atoms with van der Waals surface area (Å²) in [6.45, 7) is 3.44. The van der Waals surface area contributed by atoms with Gasteiger partial charge < -0.3 is 9.88 Å². The average Bonchev–Trinajstić information content (AvgIpc) is 2.65. The van der Waals surface area contributed by atoms with Crippen LogP contribution in [0.15, 0.2) is 24.5 Å². The molecule has 2 aromatic rings. The third-order valence-corrected chi connectivity index (χ3v) is 2.34. The average molecular weight is 217 g/mol. The van der Waals surface area contributed by atoms with Crippen molar-refractivity contribution in [2.24, 2.45) is 7.05 Å². The lowest BCUT2D eigenvalue weighted by Gasteiger charge is -2.04. The van der Waals surface area contributed by atoms with Crippen molar-refractivity contribution < 1.29 is 0 Å². The third-order valence-electron chi connectivity index (χ3n) is 2.34. The first-order valence-corrected chi connectivity index (χ1v) is 5.22. The van der Waals surface area contributed by atoms with Crippen molar-refractivity contribution in [2.45, 2.75) is 20.0 Å². The summed E-state index contributed by atoms with van der Waals surface area (Å²) in [6.07, 6.45) is 1.70. The molecular formula is C11H15N5. The molecule has 0 saturated heterocycles. The quantitative estimate of drug-likeness (QED) is 0.823. The number of nitrogens with zero attached hydrogens (tertiary/aromatic N) is 4. The lowest BCUT2D eigenvalue weighted by atomic mass is 10.3. The van der Waals surface area contributed by atoms with E-state index in [9.17, 15) is 0 Å². The molecule has 0 aliphatic rings. The first kappa shape index (κ1) is 10.8. The van der Waals surface area contributed by atoms with Gasteiger partial charge >= 0.3 is 0 Å². The lowest BCUT2D eigenvalue weighted by Crippen LogP contribution is -2.16. The molecule has 0 unspecified atom stereocenters. The molecule has 0 bridgehead atoms. The van der Waals surface area contributed by atoms with Crippen molar-refractivity contribution in [1.29, 1.82) is 0 Å². The summed E-state index contributed by atoms with van der Waals surface area (Å²) >= 11 is 0. The number of hydrogen-bond donors (Lipinski definition) is 1. The van der Waals surface area contributed by atoms with E-state index in [0.717, 1.165) is 23.8 Å². The summed E-state index contributed by atoms with van der Waals surface area (Å²) < 4.78 is 1.90. The predicted octanol–water partition coefficient (Wildman–Crippen LogP) is 0.808. The van der Waals surface area contributed by atoms with E-state index < -0.39 is 0 Å². The maximum atomic E-state index is 4.41. The molecule has 5 heteroatoms. The van der Waals surface area contributed by atoms with E-state index in [0.29, 0.717) is 6.54 Å². The van der Waals surface area contributed by atoms with Crippen LogP contribution in [0, 0.1) is 6.92 Å². The molecule has 0 aliphatic carbocycles. The monoisotopic (exact) mass is 217 g/mol. The molecule has 84 valence electrons. The van der Waals surface area contributed by atoms with Gasteiger partial charge in [-0.3, -0.25) is 4.98 Å². The van der Waals surface area contributed by atoms with Gasteiger partial charge in [0.2, 0.25) is 0 Å². The van der Waals surface area contributed by atoms with E-state index in [4.69, 9.17) is 0 Å². The minimum absolute atomic E-state index is 0.701. The number of rotatable bonds is 4. The number of hydrogen-bond acceptors (Lipinski definition) is 4. The van der Waals surface area contributed by atoms with Gasteiger partial charge in [-0.05, 0) is 19.1 Å². The number of aryl methyl sites for hydroxylation is 2. The van der Waals surface area contributed by atoms with Crippen LogP contribution in [0.2, 0.25) is 0 Å². The molecule has 0 radical (unpaired) electrons. The Morgan fingerprint density at radius 3 is 2.88 bits per heavy atom. The van der Waals surface area contributed by atoms with Gasteiger partial charge in [-0.25, -0.2) is 0 Å². The van der Waals surface area contributed by atoms with Gasteiger partial charge in [0.25, 0.3) is 0 Å². The Bertz CT molecular complexity index is 463. The van der Waals surface area contributed by atoms with Crippen LogP contribution in [-0.4, -0.2) is 19.7 Å². The summed E-state index contributed by atoms with van der Waals surface area (Å²) in [4.78, 5) is 4.41. The van der Waals surface area contributed by atoms with Gasteiger partial charge in [0.1, 0.15) is 12.2 Å². The molecule has 2 rings (SSSR count). The van der Waals surface area contributed by atoms with E-state index >= 15 is 0 Å². The fourth-order valence-corrected chi connectivity index (χ4v) is 1.47. The van der Waals surface area contributed by atoms with Crippen molar-refractivity contribution in [3.8, 4) is 0 Å². The Hall–Kier alpha value is -1.75. The molecule has 16 heavy (non-hydrogen) atoms. The van der Waals surface area contributed by atoms with Crippen LogP contribution in [-0.2, 0) is 20.1 Å². The van der Waals surface area contributed by atoms with Crippen molar-refractivity contribution in [3.63, 3.8) is 0 Å². The van der Waals surface area contributed by atoms with Crippen LogP contribution in [0.25, 0.3) is 0 Å². The first-order chi connectivity index (χ1) is 7.75. The number of pyridine rings is 1. The van der Waals surface area contributed by atoms with Crippen LogP contribution in [0.4, 0.5) is 0 Å². The molecule has 2 heterocycles. The van der Waals surface area contributed by atoms with Crippen LogP contribution in [0.1, 0.15) is 17.2 Å². The second-order valence-corrected chi connectivity index (χ2v) is 3.73. The Morgan fingerprint density at radius 2 is 2.19 bits per heavy atom. The highest BCUT2D eigenvalue weighted by Crippen LogP contribution is 1.98. The highest BCUT2D eigenvalue weighted by Gasteiger charge is 2.00. The molecule has 0 aliphatic heterocycles. The van der Waals surface area contributed by atoms with Crippen LogP contribution in [0.3, 0.4) is 0 Å². The van der Waals surface area contributed by atoms with Gasteiger partial charge in [0, 0.05) is 19.3 Å². The molecule has 1 N–H and O–H groups in total. The van der Waals surface area contributed by atoms with Crippen LogP contribution >= 0.6 is 0 Å². The Kier molecular flexibility index (Phi) is 3.26. The van der Waals surface area contributed by atoms with E-state index in [-0.39, 0.29) is 0 Å². The molecule has 0 saturated carbocycles. The summed E-state index contributed by atoms with van der Waals surface area (Å²) in [5.41, 5.74) is 2.08. The first-order valence-electron chi connectivity index (χ1n) is 5.22.